The summed E-state index contributed by atoms with van der Waals surface area (Å²) in [5, 5.41) is 0. The van der Waals surface area contributed by atoms with E-state index in [1.807, 2.05) is 24.3 Å². The van der Waals surface area contributed by atoms with Gasteiger partial charge in [0.1, 0.15) is 19.2 Å². The number of nitrogens with two attached hydrogens (primary N) is 1. The average Bonchev–Trinajstić information content (AvgIpc) is 3.46. The minimum absolute atomic E-state index is 0.246. The van der Waals surface area contributed by atoms with Crippen LogP contribution in [0.5, 0.6) is 5.88 Å². The topological polar surface area (TPSA) is 128 Å². The molecule has 0 unspecified atom stereocenters. The lowest BCUT2D eigenvalue weighted by Gasteiger charge is -2.34. The van der Waals surface area contributed by atoms with Crippen LogP contribution in [0.1, 0.15) is 32.2 Å². The standard InChI is InChI=1S/C27H26N6O4S/c28-25(35)21-4-6-22(7-5-21)38-23-15-30-27(31-26(23)37-18-20-3-1-2-19(14-20)17-34)33-11-9-32(10-12-33)16-24-29-8-13-36-24/h1-8,13-15,17H,9-12,16,18H2,(H2,28,35). The molecule has 0 atom stereocenters. The molecule has 0 spiro atoms. The number of aldehydes is 1. The van der Waals surface area contributed by atoms with E-state index >= 15 is 0 Å². The number of hydrogen-bond acceptors (Lipinski definition) is 10. The van der Waals surface area contributed by atoms with Crippen LogP contribution >= 0.6 is 11.8 Å². The van der Waals surface area contributed by atoms with Crippen LogP contribution in [0.3, 0.4) is 0 Å². The Bertz CT molecular complexity index is 1390. The van der Waals surface area contributed by atoms with Gasteiger partial charge in [-0.15, -0.1) is 0 Å². The van der Waals surface area contributed by atoms with Gasteiger partial charge >= 0.3 is 0 Å². The third-order valence-corrected chi connectivity index (χ3v) is 7.04. The van der Waals surface area contributed by atoms with Crippen molar-refractivity contribution in [2.45, 2.75) is 22.9 Å². The van der Waals surface area contributed by atoms with Crippen LogP contribution in [0.4, 0.5) is 5.95 Å². The van der Waals surface area contributed by atoms with Crippen LogP contribution in [-0.2, 0) is 13.2 Å². The van der Waals surface area contributed by atoms with E-state index in [2.05, 4.69) is 19.8 Å². The number of primary amides is 1. The molecule has 0 aliphatic carbocycles. The van der Waals surface area contributed by atoms with E-state index in [9.17, 15) is 9.59 Å². The zero-order valence-electron chi connectivity index (χ0n) is 20.5. The van der Waals surface area contributed by atoms with Crippen LogP contribution in [0.15, 0.2) is 81.4 Å². The first-order chi connectivity index (χ1) is 18.6. The van der Waals surface area contributed by atoms with Gasteiger partial charge in [-0.25, -0.2) is 9.97 Å². The maximum atomic E-state index is 11.4. The number of benzene rings is 2. The molecule has 2 aromatic heterocycles. The lowest BCUT2D eigenvalue weighted by molar-refractivity contribution is 0.0999. The van der Waals surface area contributed by atoms with E-state index < -0.39 is 5.91 Å². The number of rotatable bonds is 10. The van der Waals surface area contributed by atoms with Crippen molar-refractivity contribution < 1.29 is 18.7 Å². The molecule has 3 heterocycles. The summed E-state index contributed by atoms with van der Waals surface area (Å²) >= 11 is 1.43. The molecule has 0 radical (unpaired) electrons. The second kappa shape index (κ2) is 11.9. The van der Waals surface area contributed by atoms with Crippen LogP contribution in [0.2, 0.25) is 0 Å². The van der Waals surface area contributed by atoms with E-state index in [4.69, 9.17) is 19.9 Å². The molecular formula is C27H26N6O4S. The van der Waals surface area contributed by atoms with E-state index in [-0.39, 0.29) is 6.61 Å². The third-order valence-electron chi connectivity index (χ3n) is 6.04. The van der Waals surface area contributed by atoms with Crippen molar-refractivity contribution in [3.63, 3.8) is 0 Å². The van der Waals surface area contributed by atoms with Crippen molar-refractivity contribution in [1.82, 2.24) is 19.9 Å². The fourth-order valence-electron chi connectivity index (χ4n) is 4.02. The Morgan fingerprint density at radius 1 is 1.11 bits per heavy atom. The van der Waals surface area contributed by atoms with Gasteiger partial charge in [-0.2, -0.15) is 4.98 Å². The Balaban J connectivity index is 1.33. The Morgan fingerprint density at radius 2 is 1.92 bits per heavy atom. The first-order valence-electron chi connectivity index (χ1n) is 12.0. The number of piperazine rings is 1. The molecule has 0 saturated carbocycles. The molecule has 1 aliphatic rings. The van der Waals surface area contributed by atoms with Gasteiger partial charge < -0.3 is 19.8 Å². The fourth-order valence-corrected chi connectivity index (χ4v) is 4.85. The number of oxazole rings is 1. The molecule has 11 heteroatoms. The Kier molecular flexibility index (Phi) is 7.95. The van der Waals surface area contributed by atoms with Crippen molar-refractivity contribution in [3.05, 3.63) is 89.8 Å². The summed E-state index contributed by atoms with van der Waals surface area (Å²) in [5.41, 5.74) is 7.24. The number of carbonyl (C=O) groups is 2. The molecule has 10 nitrogen and oxygen atoms in total. The lowest BCUT2D eigenvalue weighted by atomic mass is 10.1. The highest BCUT2D eigenvalue weighted by Gasteiger charge is 2.22. The zero-order valence-corrected chi connectivity index (χ0v) is 21.3. The number of anilines is 1. The van der Waals surface area contributed by atoms with Crippen LogP contribution in [-0.4, -0.2) is 58.2 Å². The summed E-state index contributed by atoms with van der Waals surface area (Å²) < 4.78 is 11.5. The van der Waals surface area contributed by atoms with Crippen LogP contribution in [0.25, 0.3) is 0 Å². The predicted molar refractivity (Wildman–Crippen MR) is 141 cm³/mol. The lowest BCUT2D eigenvalue weighted by Crippen LogP contribution is -2.46. The van der Waals surface area contributed by atoms with Crippen LogP contribution in [0, 0.1) is 0 Å². The zero-order chi connectivity index (χ0) is 26.3. The first kappa shape index (κ1) is 25.4. The highest BCUT2D eigenvalue weighted by molar-refractivity contribution is 7.99. The van der Waals surface area contributed by atoms with Crippen molar-refractivity contribution in [2.75, 3.05) is 31.1 Å². The number of amides is 1. The number of aromatic nitrogens is 3. The van der Waals surface area contributed by atoms with Crippen molar-refractivity contribution >= 4 is 29.9 Å². The van der Waals surface area contributed by atoms with Gasteiger partial charge in [-0.1, -0.05) is 30.0 Å². The Morgan fingerprint density at radius 3 is 2.63 bits per heavy atom. The van der Waals surface area contributed by atoms with Crippen LogP contribution < -0.4 is 15.4 Å². The first-order valence-corrected chi connectivity index (χ1v) is 12.9. The monoisotopic (exact) mass is 530 g/mol. The average molecular weight is 531 g/mol. The van der Waals surface area contributed by atoms with Gasteiger partial charge in [0.15, 0.2) is 0 Å². The molecule has 1 amide bonds. The SMILES string of the molecule is NC(=O)c1ccc(Sc2cnc(N3CCN(Cc4ncco4)CC3)nc2OCc2cccc(C=O)c2)cc1. The fraction of sp³-hybridized carbons (Fsp3) is 0.222. The van der Waals surface area contributed by atoms with Gasteiger partial charge in [-0.05, 0) is 35.9 Å². The third kappa shape index (κ3) is 6.36. The number of carbonyl (C=O) groups excluding carboxylic acids is 2. The highest BCUT2D eigenvalue weighted by Crippen LogP contribution is 2.35. The summed E-state index contributed by atoms with van der Waals surface area (Å²) in [6.45, 7) is 4.06. The highest BCUT2D eigenvalue weighted by atomic mass is 32.2. The Labute approximate surface area is 223 Å². The molecule has 1 aliphatic heterocycles. The smallest absolute Gasteiger partial charge is 0.248 e. The largest absolute Gasteiger partial charge is 0.472 e. The second-order valence-electron chi connectivity index (χ2n) is 8.67. The van der Waals surface area contributed by atoms with Gasteiger partial charge in [0, 0.05) is 42.2 Å². The maximum Gasteiger partial charge on any atom is 0.248 e. The number of ether oxygens (including phenoxy) is 1. The van der Waals surface area contributed by atoms with E-state index in [1.165, 1.54) is 11.8 Å². The molecule has 1 fully saturated rings. The normalized spacial score (nSPS) is 13.8. The molecular weight excluding hydrogens is 504 g/mol. The van der Waals surface area contributed by atoms with E-state index in [1.54, 1.807) is 42.9 Å². The predicted octanol–water partition coefficient (Wildman–Crippen LogP) is 3.43. The summed E-state index contributed by atoms with van der Waals surface area (Å²) in [7, 11) is 0. The molecule has 5 rings (SSSR count). The van der Waals surface area contributed by atoms with Crippen molar-refractivity contribution in [2.24, 2.45) is 5.73 Å². The van der Waals surface area contributed by atoms with Gasteiger partial charge in [0.2, 0.25) is 23.6 Å². The molecule has 194 valence electrons. The molecule has 38 heavy (non-hydrogen) atoms. The Hall–Kier alpha value is -4.22. The van der Waals surface area contributed by atoms with E-state index in [0.29, 0.717) is 35.4 Å². The second-order valence-corrected chi connectivity index (χ2v) is 9.79. The summed E-state index contributed by atoms with van der Waals surface area (Å²) in [4.78, 5) is 42.2. The maximum absolute atomic E-state index is 11.4. The van der Waals surface area contributed by atoms with Gasteiger partial charge in [0.05, 0.1) is 23.8 Å². The van der Waals surface area contributed by atoms with Gasteiger partial charge in [-0.3, -0.25) is 14.5 Å². The van der Waals surface area contributed by atoms with Crippen molar-refractivity contribution in [3.8, 4) is 5.88 Å². The molecule has 1 saturated heterocycles. The van der Waals surface area contributed by atoms with Crippen molar-refractivity contribution in [1.29, 1.82) is 0 Å². The van der Waals surface area contributed by atoms with E-state index in [0.717, 1.165) is 47.8 Å². The molecule has 0 bridgehead atoms. The quantitative estimate of drug-likeness (QED) is 0.305. The number of nitrogens with zero attached hydrogens (tertiary/aromatic N) is 5. The summed E-state index contributed by atoms with van der Waals surface area (Å²) in [6, 6.07) is 14.3. The summed E-state index contributed by atoms with van der Waals surface area (Å²) in [5.74, 6) is 1.26. The molecule has 2 aromatic carbocycles. The number of hydrogen-bond donors (Lipinski definition) is 1. The molecule has 2 N–H and O–H groups in total. The summed E-state index contributed by atoms with van der Waals surface area (Å²) in [6.07, 6.45) is 5.81. The molecule has 4 aromatic rings. The van der Waals surface area contributed by atoms with Gasteiger partial charge in [0.25, 0.3) is 0 Å². The minimum atomic E-state index is -0.476. The minimum Gasteiger partial charge on any atom is -0.472 e.